The minimum atomic E-state index is -3.69. The van der Waals surface area contributed by atoms with Crippen LogP contribution in [-0.4, -0.2) is 44.3 Å². The van der Waals surface area contributed by atoms with Gasteiger partial charge in [-0.05, 0) is 74.6 Å². The van der Waals surface area contributed by atoms with Crippen LogP contribution in [0, 0.1) is 25.7 Å². The summed E-state index contributed by atoms with van der Waals surface area (Å²) in [7, 11) is -2.23. The number of nitrogens with one attached hydrogen (secondary N) is 1. The van der Waals surface area contributed by atoms with Crippen LogP contribution in [0.2, 0.25) is 0 Å². The molecule has 7 heteroatoms. The number of hydrogen-bond donors (Lipinski definition) is 2. The van der Waals surface area contributed by atoms with E-state index in [1.807, 2.05) is 13.8 Å². The predicted octanol–water partition coefficient (Wildman–Crippen LogP) is 1.95. The number of nitrogens with two attached hydrogens (primary N) is 1. The van der Waals surface area contributed by atoms with Gasteiger partial charge in [0.25, 0.3) is 0 Å². The maximum Gasteiger partial charge on any atom is 0.243 e. The maximum absolute atomic E-state index is 12.8. The number of hydrogen-bond acceptors (Lipinski definition) is 4. The molecule has 3 N–H and O–H groups in total. The Hall–Kier alpha value is -1.44. The van der Waals surface area contributed by atoms with Crippen LogP contribution in [0.1, 0.15) is 43.2 Å². The second kappa shape index (κ2) is 7.89. The van der Waals surface area contributed by atoms with Crippen molar-refractivity contribution in [3.63, 3.8) is 0 Å². The highest BCUT2D eigenvalue weighted by Gasteiger charge is 2.40. The van der Waals surface area contributed by atoms with E-state index >= 15 is 0 Å². The molecule has 2 fully saturated rings. The first-order valence-corrected chi connectivity index (χ1v) is 11.2. The molecular formula is C20H31N3O3S. The number of nitrogens with zero attached hydrogens (tertiary/aromatic N) is 1. The molecule has 2 atom stereocenters. The molecule has 1 aromatic rings. The van der Waals surface area contributed by atoms with Gasteiger partial charge >= 0.3 is 0 Å². The summed E-state index contributed by atoms with van der Waals surface area (Å²) in [6.45, 7) is 3.65. The van der Waals surface area contributed by atoms with Crippen LogP contribution < -0.4 is 11.1 Å². The number of amides is 1. The lowest BCUT2D eigenvalue weighted by Gasteiger charge is -2.45. The lowest BCUT2D eigenvalue weighted by atomic mass is 9.67. The topological polar surface area (TPSA) is 92.5 Å². The van der Waals surface area contributed by atoms with E-state index in [1.54, 1.807) is 18.2 Å². The Morgan fingerprint density at radius 2 is 1.81 bits per heavy atom. The maximum atomic E-state index is 12.8. The summed E-state index contributed by atoms with van der Waals surface area (Å²) in [5, 5.41) is 3.12. The second-order valence-corrected chi connectivity index (χ2v) is 10.3. The lowest BCUT2D eigenvalue weighted by molar-refractivity contribution is -0.123. The van der Waals surface area contributed by atoms with Crippen molar-refractivity contribution in [1.29, 1.82) is 0 Å². The van der Waals surface area contributed by atoms with Crippen LogP contribution in [0.15, 0.2) is 23.1 Å². The zero-order valence-corrected chi connectivity index (χ0v) is 17.3. The summed E-state index contributed by atoms with van der Waals surface area (Å²) in [5.41, 5.74) is 8.10. The number of aryl methyl sites for hydroxylation is 2. The number of benzene rings is 1. The molecule has 1 aromatic carbocycles. The van der Waals surface area contributed by atoms with Crippen LogP contribution in [-0.2, 0) is 14.8 Å². The number of carbonyl (C=O) groups is 1. The first-order valence-electron chi connectivity index (χ1n) is 9.77. The van der Waals surface area contributed by atoms with Crippen molar-refractivity contribution in [3.8, 4) is 0 Å². The summed E-state index contributed by atoms with van der Waals surface area (Å²) in [4.78, 5) is 12.8. The van der Waals surface area contributed by atoms with Crippen molar-refractivity contribution in [2.45, 2.75) is 62.9 Å². The normalized spacial score (nSPS) is 28.2. The number of fused-ring (bicyclic) bond motifs is 2. The van der Waals surface area contributed by atoms with Gasteiger partial charge in [0.15, 0.2) is 0 Å². The average molecular weight is 394 g/mol. The SMILES string of the molecule is Cc1ccc(S(=O)(=O)N(C)CC(=O)NC2C3CCCC2CC(N)C3)cc1C. The lowest BCUT2D eigenvalue weighted by Crippen LogP contribution is -2.55. The van der Waals surface area contributed by atoms with Gasteiger partial charge in [-0.2, -0.15) is 4.31 Å². The Morgan fingerprint density at radius 1 is 1.19 bits per heavy atom. The summed E-state index contributed by atoms with van der Waals surface area (Å²) >= 11 is 0. The van der Waals surface area contributed by atoms with Gasteiger partial charge in [0, 0.05) is 19.1 Å². The molecule has 1 amide bonds. The van der Waals surface area contributed by atoms with Gasteiger partial charge in [0.1, 0.15) is 0 Å². The third-order valence-corrected chi connectivity index (χ3v) is 8.06. The van der Waals surface area contributed by atoms with Gasteiger partial charge in [-0.1, -0.05) is 12.5 Å². The van der Waals surface area contributed by atoms with Crippen molar-refractivity contribution in [1.82, 2.24) is 9.62 Å². The molecule has 6 nitrogen and oxygen atoms in total. The van der Waals surface area contributed by atoms with Gasteiger partial charge in [-0.3, -0.25) is 4.79 Å². The minimum Gasteiger partial charge on any atom is -0.352 e. The molecule has 2 aliphatic rings. The van der Waals surface area contributed by atoms with Crippen LogP contribution in [0.5, 0.6) is 0 Å². The standard InChI is InChI=1S/C20H31N3O3S/c1-13-7-8-18(9-14(13)2)27(25,26)23(3)12-19(24)22-20-15-5-4-6-16(20)11-17(21)10-15/h7-9,15-17,20H,4-6,10-12,21H2,1-3H3,(H,22,24). The highest BCUT2D eigenvalue weighted by atomic mass is 32.2. The highest BCUT2D eigenvalue weighted by Crippen LogP contribution is 2.39. The van der Waals surface area contributed by atoms with Crippen LogP contribution in [0.3, 0.4) is 0 Å². The first-order chi connectivity index (χ1) is 12.7. The molecule has 3 rings (SSSR count). The van der Waals surface area contributed by atoms with Crippen molar-refractivity contribution >= 4 is 15.9 Å². The molecule has 0 spiro atoms. The van der Waals surface area contributed by atoms with Crippen LogP contribution in [0.25, 0.3) is 0 Å². The average Bonchev–Trinajstić information content (AvgIpc) is 2.58. The smallest absolute Gasteiger partial charge is 0.243 e. The van der Waals surface area contributed by atoms with E-state index in [9.17, 15) is 13.2 Å². The van der Waals surface area contributed by atoms with Gasteiger partial charge in [0.05, 0.1) is 11.4 Å². The number of rotatable bonds is 5. The van der Waals surface area contributed by atoms with E-state index in [1.165, 1.54) is 13.5 Å². The van der Waals surface area contributed by atoms with Crippen molar-refractivity contribution < 1.29 is 13.2 Å². The van der Waals surface area contributed by atoms with E-state index in [2.05, 4.69) is 5.32 Å². The van der Waals surface area contributed by atoms with Crippen molar-refractivity contribution in [2.24, 2.45) is 17.6 Å². The van der Waals surface area contributed by atoms with E-state index in [0.29, 0.717) is 11.8 Å². The zero-order chi connectivity index (χ0) is 19.8. The second-order valence-electron chi connectivity index (χ2n) is 8.28. The third-order valence-electron chi connectivity index (χ3n) is 6.26. The van der Waals surface area contributed by atoms with Crippen molar-refractivity contribution in [2.75, 3.05) is 13.6 Å². The Balaban J connectivity index is 1.65. The molecule has 0 aromatic heterocycles. The molecule has 0 aliphatic heterocycles. The summed E-state index contributed by atoms with van der Waals surface area (Å²) in [6.07, 6.45) is 5.25. The quantitative estimate of drug-likeness (QED) is 0.800. The van der Waals surface area contributed by atoms with Gasteiger partial charge in [-0.25, -0.2) is 8.42 Å². The molecule has 150 valence electrons. The zero-order valence-electron chi connectivity index (χ0n) is 16.4. The van der Waals surface area contributed by atoms with Gasteiger partial charge in [-0.15, -0.1) is 0 Å². The molecular weight excluding hydrogens is 362 g/mol. The number of likely N-dealkylation sites (N-methyl/N-ethyl adjacent to an activating group) is 1. The van der Waals surface area contributed by atoms with E-state index < -0.39 is 10.0 Å². The molecule has 2 aliphatic carbocycles. The van der Waals surface area contributed by atoms with Gasteiger partial charge in [0.2, 0.25) is 15.9 Å². The minimum absolute atomic E-state index is 0.128. The third kappa shape index (κ3) is 4.36. The Bertz CT molecular complexity index is 795. The highest BCUT2D eigenvalue weighted by molar-refractivity contribution is 7.89. The fraction of sp³-hybridized carbons (Fsp3) is 0.650. The molecule has 0 saturated heterocycles. The van der Waals surface area contributed by atoms with Gasteiger partial charge < -0.3 is 11.1 Å². The van der Waals surface area contributed by atoms with E-state index in [-0.39, 0.29) is 29.4 Å². The van der Waals surface area contributed by atoms with E-state index in [4.69, 9.17) is 5.73 Å². The molecule has 2 unspecified atom stereocenters. The molecule has 0 heterocycles. The van der Waals surface area contributed by atoms with Crippen molar-refractivity contribution in [3.05, 3.63) is 29.3 Å². The molecule has 27 heavy (non-hydrogen) atoms. The van der Waals surface area contributed by atoms with Crippen LogP contribution in [0.4, 0.5) is 0 Å². The number of sulfonamides is 1. The summed E-state index contributed by atoms with van der Waals surface area (Å²) in [6, 6.07) is 5.40. The summed E-state index contributed by atoms with van der Waals surface area (Å²) < 4.78 is 26.7. The first kappa shape index (κ1) is 20.3. The Morgan fingerprint density at radius 3 is 2.41 bits per heavy atom. The molecule has 2 bridgehead atoms. The summed E-state index contributed by atoms with van der Waals surface area (Å²) in [5.74, 6) is 0.596. The fourth-order valence-corrected chi connectivity index (χ4v) is 5.81. The molecule has 2 saturated carbocycles. The Kier molecular flexibility index (Phi) is 5.93. The monoisotopic (exact) mass is 393 g/mol. The number of carbonyl (C=O) groups excluding carboxylic acids is 1. The van der Waals surface area contributed by atoms with E-state index in [0.717, 1.165) is 41.1 Å². The molecule has 0 radical (unpaired) electrons. The fourth-order valence-electron chi connectivity index (χ4n) is 4.60. The largest absolute Gasteiger partial charge is 0.352 e. The predicted molar refractivity (Wildman–Crippen MR) is 106 cm³/mol. The Labute approximate surface area is 162 Å². The van der Waals surface area contributed by atoms with Crippen LogP contribution >= 0.6 is 0 Å².